The molecule has 4 rings (SSSR count). The summed E-state index contributed by atoms with van der Waals surface area (Å²) in [7, 11) is -8.39. The topological polar surface area (TPSA) is 195 Å². The van der Waals surface area contributed by atoms with Crippen molar-refractivity contribution in [2.24, 2.45) is 10.8 Å². The van der Waals surface area contributed by atoms with Gasteiger partial charge in [0, 0.05) is 35.9 Å². The molecule has 0 amide bonds. The number of benzene rings is 2. The Hall–Kier alpha value is -2.37. The van der Waals surface area contributed by atoms with Crippen LogP contribution in [0.2, 0.25) is 10.0 Å². The number of aliphatic hydroxyl groups excluding tert-OH is 2. The van der Waals surface area contributed by atoms with Gasteiger partial charge >= 0.3 is 50.1 Å². The van der Waals surface area contributed by atoms with Crippen LogP contribution in [-0.4, -0.2) is 56.5 Å². The van der Waals surface area contributed by atoms with E-state index in [4.69, 9.17) is 23.2 Å². The zero-order valence-electron chi connectivity index (χ0n) is 35.8. The van der Waals surface area contributed by atoms with Gasteiger partial charge in [0.1, 0.15) is 0 Å². The van der Waals surface area contributed by atoms with Gasteiger partial charge in [-0.05, 0) is 107 Å². The third-order valence-electron chi connectivity index (χ3n) is 10.1. The minimum atomic E-state index is -4.59. The maximum absolute atomic E-state index is 13.0. The van der Waals surface area contributed by atoms with E-state index in [1.165, 1.54) is 24.3 Å². The first-order valence-corrected chi connectivity index (χ1v) is 23.4. The molecule has 0 spiro atoms. The number of aliphatic carboxylic acids is 2. The van der Waals surface area contributed by atoms with Crippen molar-refractivity contribution in [3.63, 3.8) is 0 Å². The molecule has 0 saturated carbocycles. The minimum Gasteiger partial charge on any atom is -0.550 e. The molecule has 4 N–H and O–H groups in total. The predicted octanol–water partition coefficient (Wildman–Crippen LogP) is 2.12. The minimum absolute atomic E-state index is 0. The van der Waals surface area contributed by atoms with E-state index in [0.717, 1.165) is 25.0 Å². The molecule has 2 aromatic rings. The number of aliphatic hydroxyl groups is 2. The van der Waals surface area contributed by atoms with E-state index in [2.05, 4.69) is 23.2 Å². The van der Waals surface area contributed by atoms with Crippen LogP contribution in [0, 0.1) is 34.0 Å². The van der Waals surface area contributed by atoms with Gasteiger partial charge in [0.25, 0.3) is 14.7 Å². The van der Waals surface area contributed by atoms with Crippen molar-refractivity contribution < 1.29 is 113 Å². The third kappa shape index (κ3) is 17.7. The molecule has 0 fully saturated rings. The molecule has 2 aliphatic rings. The molecule has 0 saturated heterocycles. The molecule has 2 aliphatic carbocycles. The van der Waals surface area contributed by atoms with Crippen LogP contribution >= 0.6 is 37.9 Å². The largest absolute Gasteiger partial charge is 1.00 e. The zero-order chi connectivity index (χ0) is 47.2. The number of hydrogen-bond acceptors (Lipinski definition) is 8. The van der Waals surface area contributed by atoms with Crippen molar-refractivity contribution in [2.75, 3.05) is 12.3 Å². The Morgan fingerprint density at radius 3 is 1.27 bits per heavy atom. The summed E-state index contributed by atoms with van der Waals surface area (Å²) in [5.41, 5.74) is 4.72. The van der Waals surface area contributed by atoms with Crippen LogP contribution in [0.5, 0.6) is 0 Å². The number of carbonyl (C=O) groups is 2. The molecule has 0 aromatic heterocycles. The molecule has 2 unspecified atom stereocenters. The number of hydrogen-bond donors (Lipinski definition) is 4. The third-order valence-corrected chi connectivity index (χ3v) is 13.5. The Labute approximate surface area is 401 Å². The smallest absolute Gasteiger partial charge is 0.550 e. The fraction of sp³-hybridized carbons (Fsp3) is 0.476. The van der Waals surface area contributed by atoms with Crippen molar-refractivity contribution in [1.82, 2.24) is 0 Å². The number of carboxylic acid groups (broad SMARTS) is 2. The van der Waals surface area contributed by atoms with E-state index < -0.39 is 108 Å². The molecular formula is C42H44Cl2F6Li2O10P2. The Bertz CT molecular complexity index is 2180. The molecule has 0 bridgehead atoms. The summed E-state index contributed by atoms with van der Waals surface area (Å²) in [5, 5.41) is 39.4. The normalized spacial score (nSPS) is 18.6. The molecule has 22 heteroatoms. The van der Waals surface area contributed by atoms with Crippen LogP contribution in [0.15, 0.2) is 47.5 Å². The molecule has 0 heterocycles. The standard InChI is InChI=1S/2C21H23ClF3O5P.2Li/c2*1-20(2)8-3-4-15(13-5-6-17(18(22)10-13)21(23,24)25)16(20)7-9-31(29,30)12-14(26)11-19(27)28;;/h2*5-6,10,14,26H,3-4,8,11-12H2,1-2H3,(H,27,28)(H,29,30);;/q;;2*+1/p-2/t2*14-;;/m00../s1. The monoisotopic (exact) mass is 968 g/mol. The van der Waals surface area contributed by atoms with Crippen molar-refractivity contribution in [2.45, 2.75) is 104 Å². The summed E-state index contributed by atoms with van der Waals surface area (Å²) in [4.78, 5) is 41.2. The maximum atomic E-state index is 13.0. The molecule has 10 nitrogen and oxygen atoms in total. The van der Waals surface area contributed by atoms with Crippen LogP contribution in [0.3, 0.4) is 0 Å². The Balaban J connectivity index is 0.000000621. The zero-order valence-corrected chi connectivity index (χ0v) is 39.1. The molecule has 64 heavy (non-hydrogen) atoms. The van der Waals surface area contributed by atoms with Gasteiger partial charge in [-0.25, -0.2) is 0 Å². The Morgan fingerprint density at radius 1 is 0.688 bits per heavy atom. The first-order valence-electron chi connectivity index (χ1n) is 18.9. The molecule has 4 atom stereocenters. The Morgan fingerprint density at radius 2 is 1.00 bits per heavy atom. The van der Waals surface area contributed by atoms with E-state index >= 15 is 0 Å². The molecule has 340 valence electrons. The van der Waals surface area contributed by atoms with Crippen LogP contribution in [0.4, 0.5) is 26.3 Å². The SMILES string of the molecule is CC1(C)CCCC(c2ccc(C(F)(F)F)c(Cl)c2)=C1C#CP(=O)(O)C[C@@H](O)CC(=O)[O-].CC1(C)CCCC(c2ccc(C(F)(F)F)c(Cl)c2)=C1C#CP(=O)(O)C[C@@H](O)CC(=O)[O-].[Li+].[Li+]. The van der Waals surface area contributed by atoms with Crippen LogP contribution < -0.4 is 47.9 Å². The first kappa shape index (κ1) is 59.7. The second kappa shape index (κ2) is 23.6. The van der Waals surface area contributed by atoms with Crippen molar-refractivity contribution in [3.05, 3.63) is 79.8 Å². The number of allylic oxidation sites excluding steroid dienone is 4. The number of rotatable bonds is 10. The predicted molar refractivity (Wildman–Crippen MR) is 218 cm³/mol. The van der Waals surface area contributed by atoms with E-state index in [9.17, 15) is 75.3 Å². The summed E-state index contributed by atoms with van der Waals surface area (Å²) in [6, 6.07) is 6.82. The number of halogens is 8. The number of carbonyl (C=O) groups excluding carboxylic acids is 2. The molecule has 0 aliphatic heterocycles. The van der Waals surface area contributed by atoms with Crippen LogP contribution in [0.1, 0.15) is 101 Å². The van der Waals surface area contributed by atoms with Crippen molar-refractivity contribution in [1.29, 1.82) is 0 Å². The Kier molecular flexibility index (Phi) is 22.0. The van der Waals surface area contributed by atoms with Crippen LogP contribution in [0.25, 0.3) is 11.1 Å². The molecule has 0 radical (unpaired) electrons. The fourth-order valence-corrected chi connectivity index (χ4v) is 9.86. The van der Waals surface area contributed by atoms with E-state index in [1.807, 2.05) is 27.7 Å². The first-order chi connectivity index (χ1) is 28.2. The van der Waals surface area contributed by atoms with E-state index in [1.54, 1.807) is 0 Å². The summed E-state index contributed by atoms with van der Waals surface area (Å²) in [5.74, 6) is 2.29. The molecular weight excluding hydrogens is 925 g/mol. The van der Waals surface area contributed by atoms with Crippen molar-refractivity contribution >= 4 is 61.0 Å². The second-order valence-electron chi connectivity index (χ2n) is 16.3. The van der Waals surface area contributed by atoms with E-state index in [-0.39, 0.29) is 37.7 Å². The van der Waals surface area contributed by atoms with Gasteiger partial charge in [0.2, 0.25) is 0 Å². The van der Waals surface area contributed by atoms with Gasteiger partial charge in [-0.1, -0.05) is 74.9 Å². The fourth-order valence-electron chi connectivity index (χ4n) is 7.13. The van der Waals surface area contributed by atoms with Crippen molar-refractivity contribution in [3.8, 4) is 23.2 Å². The van der Waals surface area contributed by atoms with Gasteiger partial charge < -0.3 is 39.8 Å². The van der Waals surface area contributed by atoms with Gasteiger partial charge in [-0.15, -0.1) is 0 Å². The average Bonchev–Trinajstić information content (AvgIpc) is 3.07. The second-order valence-corrected chi connectivity index (χ2v) is 21.1. The molecule has 2 aromatic carbocycles. The number of alkyl halides is 6. The quantitative estimate of drug-likeness (QED) is 0.119. The summed E-state index contributed by atoms with van der Waals surface area (Å²) in [6.45, 7) is 7.48. The van der Waals surface area contributed by atoms with Gasteiger partial charge in [-0.2, -0.15) is 26.3 Å². The summed E-state index contributed by atoms with van der Waals surface area (Å²) < 4.78 is 103. The summed E-state index contributed by atoms with van der Waals surface area (Å²) >= 11 is 11.7. The number of carboxylic acids is 2. The maximum Gasteiger partial charge on any atom is 1.00 e. The van der Waals surface area contributed by atoms with Crippen LogP contribution in [-0.2, 0) is 31.1 Å². The average molecular weight is 970 g/mol. The van der Waals surface area contributed by atoms with Gasteiger partial charge in [0.15, 0.2) is 0 Å². The van der Waals surface area contributed by atoms with Gasteiger partial charge in [-0.3, -0.25) is 9.13 Å². The van der Waals surface area contributed by atoms with E-state index in [0.29, 0.717) is 59.1 Å². The van der Waals surface area contributed by atoms with Gasteiger partial charge in [0.05, 0.1) is 45.7 Å². The summed E-state index contributed by atoms with van der Waals surface area (Å²) in [6.07, 6.45) is -11.5.